The zero-order valence-corrected chi connectivity index (χ0v) is 70.1. The number of ether oxygens (including phenoxy) is 15. The van der Waals surface area contributed by atoms with E-state index in [1.807, 2.05) is 56.2 Å². The Labute approximate surface area is 661 Å². The molecule has 0 saturated carbocycles. The van der Waals surface area contributed by atoms with Gasteiger partial charge < -0.3 is 100 Å². The maximum absolute atomic E-state index is 13.2. The molecule has 0 radical (unpaired) electrons. The molecule has 3 aromatic heterocycles. The van der Waals surface area contributed by atoms with Crippen molar-refractivity contribution < 1.29 is 119 Å². The van der Waals surface area contributed by atoms with E-state index in [9.17, 15) is 47.9 Å². The van der Waals surface area contributed by atoms with Crippen LogP contribution in [0.2, 0.25) is 0 Å². The van der Waals surface area contributed by atoms with E-state index >= 15 is 0 Å². The first-order valence-corrected chi connectivity index (χ1v) is 38.3. The number of carbonyl (C=O) groups excluding carboxylic acids is 10. The Morgan fingerprint density at radius 2 is 0.577 bits per heavy atom. The van der Waals surface area contributed by atoms with Crippen LogP contribution in [0.1, 0.15) is 145 Å². The van der Waals surface area contributed by atoms with Gasteiger partial charge in [-0.3, -0.25) is 33.6 Å². The van der Waals surface area contributed by atoms with E-state index in [0.717, 1.165) is 35.2 Å². The monoisotopic (exact) mass is 1630 g/mol. The van der Waals surface area contributed by atoms with Crippen LogP contribution in [0.4, 0.5) is 17.5 Å². The number of rotatable bonds is 35. The molecule has 0 N–H and O–H groups in total. The summed E-state index contributed by atoms with van der Waals surface area (Å²) in [5.41, 5.74) is -2.09. The quantitative estimate of drug-likeness (QED) is 0.0395. The third-order valence-corrected chi connectivity index (χ3v) is 17.4. The van der Waals surface area contributed by atoms with E-state index in [0.29, 0.717) is 120 Å². The van der Waals surface area contributed by atoms with E-state index in [1.165, 1.54) is 70.1 Å². The molecule has 9 atom stereocenters. The van der Waals surface area contributed by atoms with E-state index in [4.69, 9.17) is 71.1 Å². The lowest BCUT2D eigenvalue weighted by atomic mass is 10.0. The highest BCUT2D eigenvalue weighted by Gasteiger charge is 2.40. The first kappa shape index (κ1) is 94.5. The van der Waals surface area contributed by atoms with Crippen molar-refractivity contribution in [3.8, 4) is 17.6 Å². The zero-order chi connectivity index (χ0) is 83.3. The minimum atomic E-state index is -1.16. The van der Waals surface area contributed by atoms with Crippen LogP contribution in [0.3, 0.4) is 0 Å². The van der Waals surface area contributed by atoms with Gasteiger partial charge in [-0.1, -0.05) is 13.2 Å². The van der Waals surface area contributed by atoms with Gasteiger partial charge in [-0.05, 0) is 118 Å². The van der Waals surface area contributed by atoms with Crippen LogP contribution in [0, 0.1) is 0 Å². The van der Waals surface area contributed by atoms with E-state index in [2.05, 4.69) is 39.4 Å². The first-order valence-electron chi connectivity index (χ1n) is 36.1. The average molecular weight is 1630 g/mol. The van der Waals surface area contributed by atoms with Crippen LogP contribution in [0.5, 0.6) is 17.6 Å². The number of esters is 7. The van der Waals surface area contributed by atoms with Gasteiger partial charge in [0, 0.05) is 83.6 Å². The van der Waals surface area contributed by atoms with Crippen molar-refractivity contribution in [3.63, 3.8) is 0 Å². The smallest absolute Gasteiger partial charge is 0.347 e. The molecule has 3 amide bonds. The number of amides is 3. The van der Waals surface area contributed by atoms with Gasteiger partial charge in [0.25, 0.3) is 35.4 Å². The Bertz CT molecular complexity index is 3180. The Hall–Kier alpha value is -8.86. The summed E-state index contributed by atoms with van der Waals surface area (Å²) in [5.74, 6) is -2.46. The number of morpholine rings is 3. The van der Waals surface area contributed by atoms with Gasteiger partial charge in [-0.25, -0.2) is 14.4 Å². The summed E-state index contributed by atoms with van der Waals surface area (Å²) in [6, 6.07) is 0. The molecule has 3 aliphatic rings. The number of nitrogens with zero attached hydrogens (tertiary/aromatic N) is 12. The normalized spacial score (nSPS) is 16.2. The second-order valence-corrected chi connectivity index (χ2v) is 30.5. The molecule has 0 aliphatic carbocycles. The molecule has 6 rings (SSSR count). The lowest BCUT2D eigenvalue weighted by Gasteiger charge is -2.39. The largest absolute Gasteiger partial charge is 0.484 e. The van der Waals surface area contributed by atoms with Gasteiger partial charge in [0.1, 0.15) is 19.8 Å². The Kier molecular flexibility index (Phi) is 38.3. The summed E-state index contributed by atoms with van der Waals surface area (Å²) in [6.45, 7) is 47.5. The minimum Gasteiger partial charge on any atom is -0.484 e. The highest BCUT2D eigenvalue weighted by molar-refractivity contribution is 7.00. The lowest BCUT2D eigenvalue weighted by molar-refractivity contribution is -0.173. The number of anilines is 3. The molecule has 40 heteroatoms. The number of hydrogen-bond donors (Lipinski definition) is 0. The molecule has 6 unspecified atom stereocenters. The Morgan fingerprint density at radius 1 is 0.360 bits per heavy atom. The van der Waals surface area contributed by atoms with Gasteiger partial charge in [0.2, 0.25) is 17.5 Å². The van der Waals surface area contributed by atoms with Crippen molar-refractivity contribution in [2.45, 2.75) is 217 Å². The van der Waals surface area contributed by atoms with E-state index in [1.54, 1.807) is 48.5 Å². The molecule has 3 fully saturated rings. The van der Waals surface area contributed by atoms with Gasteiger partial charge in [-0.2, -0.15) is 13.1 Å². The number of hydrogen-bond acceptors (Lipinski definition) is 37. The van der Waals surface area contributed by atoms with Gasteiger partial charge >= 0.3 is 41.8 Å². The summed E-state index contributed by atoms with van der Waals surface area (Å²) in [5, 5.41) is 0. The van der Waals surface area contributed by atoms with Crippen molar-refractivity contribution in [2.75, 3.05) is 133 Å². The average Bonchev–Trinajstić information content (AvgIpc) is 1.81. The van der Waals surface area contributed by atoms with Gasteiger partial charge in [0.15, 0.2) is 54.9 Å². The van der Waals surface area contributed by atoms with Crippen molar-refractivity contribution >= 4 is 112 Å². The third-order valence-electron chi connectivity index (χ3n) is 15.9. The molecule has 0 bridgehead atoms. The maximum Gasteiger partial charge on any atom is 0.347 e. The zero-order valence-electron chi connectivity index (χ0n) is 67.6. The van der Waals surface area contributed by atoms with Crippen LogP contribution >= 0.6 is 35.2 Å². The topological polar surface area (TPSA) is 406 Å². The van der Waals surface area contributed by atoms with Crippen molar-refractivity contribution in [1.29, 1.82) is 0 Å². The van der Waals surface area contributed by atoms with Gasteiger partial charge in [0.05, 0.1) is 106 Å². The summed E-state index contributed by atoms with van der Waals surface area (Å²) in [6.07, 6.45) is -8.84. The molecule has 3 aromatic rings. The van der Waals surface area contributed by atoms with Crippen LogP contribution < -0.4 is 28.9 Å². The fraction of sp³-hybridized carbons (Fsp3) is 0.718. The summed E-state index contributed by atoms with van der Waals surface area (Å²) in [7, 11) is 0. The van der Waals surface area contributed by atoms with Crippen LogP contribution in [-0.4, -0.2) is 290 Å². The number of carbonyl (C=O) groups is 10. The fourth-order valence-corrected chi connectivity index (χ4v) is 12.2. The molecule has 6 heterocycles. The van der Waals surface area contributed by atoms with Crippen LogP contribution in [-0.2, 0) is 105 Å². The lowest BCUT2D eigenvalue weighted by Crippen LogP contribution is -2.54. The van der Waals surface area contributed by atoms with Crippen LogP contribution in [0.25, 0.3) is 0 Å². The fourth-order valence-electron chi connectivity index (χ4n) is 10.6. The van der Waals surface area contributed by atoms with Crippen molar-refractivity contribution in [3.05, 3.63) is 24.7 Å². The summed E-state index contributed by atoms with van der Waals surface area (Å²) >= 11 is 3.01. The molecule has 624 valence electrons. The van der Waals surface area contributed by atoms with Gasteiger partial charge in [-0.15, -0.1) is 13.1 Å². The standard InChI is InChI=1S/2C24H38N4O8S.C23H36N4O9S/c2*1-15(2)34-17(4)23(31)36-19(13-28(24(6,7)8)22(30)16(3)35-18(5)29)14-33-21-20(25-37-26-21)27-9-11-32-12-10-27;1-14(34-16(3)28)21(30)27(23(5,6)7)12-18(36-22(31)15(2)35-17(4)29)13-33-20-19(24-37-25-20)26-8-10-32-11-9-26/h2*16-17,19H,1,9-14H2,2-8H3;14-15,18H,8-13H2,1-7H3/t2*16?,17?,19-;14?,15?,18-/m000/s1. The molecule has 3 saturated heterocycles. The molecule has 37 nitrogen and oxygen atoms in total. The second kappa shape index (κ2) is 45.0. The highest BCUT2D eigenvalue weighted by Crippen LogP contribution is 2.31. The molecule has 111 heavy (non-hydrogen) atoms. The number of aromatic nitrogens is 6. The minimum absolute atomic E-state index is 0.0239. The van der Waals surface area contributed by atoms with Crippen molar-refractivity contribution in [1.82, 2.24) is 40.9 Å². The Morgan fingerprint density at radius 3 is 0.784 bits per heavy atom. The predicted octanol–water partition coefficient (Wildman–Crippen LogP) is 5.56. The molecule has 3 aliphatic heterocycles. The summed E-state index contributed by atoms with van der Waals surface area (Å²) < 4.78 is 108. The SMILES string of the molecule is C=C(C)OC(C)C(=O)O[C@H](COc1nsnc1N1CCOCC1)CN(C(=O)C(C)OC(C)=O)C(C)(C)C.C=C(C)OC(C)C(=O)O[C@H](COc1nsnc1N1CCOCC1)CN(C(=O)C(C)OC(C)=O)C(C)(C)C.CC(=O)OC(C)C(=O)O[C@H](COc1nsnc1N1CCOCC1)CN(C(=O)C(C)OC(C)=O)C(C)(C)C. The van der Waals surface area contributed by atoms with Crippen LogP contribution in [0.15, 0.2) is 24.7 Å². The Balaban J connectivity index is 0.000000351. The maximum atomic E-state index is 13.2. The third kappa shape index (κ3) is 32.8. The van der Waals surface area contributed by atoms with E-state index < -0.39 is 131 Å². The van der Waals surface area contributed by atoms with Crippen molar-refractivity contribution in [2.24, 2.45) is 0 Å². The van der Waals surface area contributed by atoms with E-state index in [-0.39, 0.29) is 45.3 Å². The molecule has 0 aromatic carbocycles. The molecular weight excluding hydrogens is 1520 g/mol. The number of allylic oxidation sites excluding steroid dienone is 2. The first-order chi connectivity index (χ1) is 51.9. The molecule has 0 spiro atoms. The molecular formula is C71H112N12O25S3. The highest BCUT2D eigenvalue weighted by atomic mass is 32.1. The predicted molar refractivity (Wildman–Crippen MR) is 405 cm³/mol. The second-order valence-electron chi connectivity index (χ2n) is 28.9. The summed E-state index contributed by atoms with van der Waals surface area (Å²) in [4.78, 5) is 134.